The molecule has 2 aromatic rings. The number of ether oxygens (including phenoxy) is 1. The van der Waals surface area contributed by atoms with Crippen LogP contribution in [0.15, 0.2) is 48.2 Å². The summed E-state index contributed by atoms with van der Waals surface area (Å²) in [4.78, 5) is 24.5. The standard InChI is InChI=1S/C20H20ClNO3/c1-12-9-13(2)19(14(3)10-12)22-17(20(24)25-4)11-18(23)15-5-7-16(21)8-6-15/h5-11,22H,1-4H3/b17-11-. The van der Waals surface area contributed by atoms with E-state index < -0.39 is 5.97 Å². The van der Waals surface area contributed by atoms with Gasteiger partial charge >= 0.3 is 5.97 Å². The third kappa shape index (κ3) is 4.70. The minimum Gasteiger partial charge on any atom is -0.464 e. The fourth-order valence-corrected chi connectivity index (χ4v) is 2.72. The van der Waals surface area contributed by atoms with Gasteiger partial charge in [-0.25, -0.2) is 4.79 Å². The van der Waals surface area contributed by atoms with Crippen LogP contribution in [0.1, 0.15) is 27.0 Å². The topological polar surface area (TPSA) is 55.4 Å². The number of rotatable bonds is 5. The van der Waals surface area contributed by atoms with Crippen LogP contribution in [-0.2, 0) is 9.53 Å². The van der Waals surface area contributed by atoms with E-state index in [1.54, 1.807) is 24.3 Å². The molecular weight excluding hydrogens is 338 g/mol. The van der Waals surface area contributed by atoms with E-state index in [4.69, 9.17) is 16.3 Å². The number of allylic oxidation sites excluding steroid dienone is 1. The number of halogens is 1. The SMILES string of the molecule is COC(=O)/C(=C/C(=O)c1ccc(Cl)cc1)Nc1c(C)cc(C)cc1C. The molecule has 0 saturated carbocycles. The number of anilines is 1. The number of hydrogen-bond acceptors (Lipinski definition) is 4. The number of benzene rings is 2. The lowest BCUT2D eigenvalue weighted by Gasteiger charge is -2.15. The highest BCUT2D eigenvalue weighted by molar-refractivity contribution is 6.30. The number of aryl methyl sites for hydroxylation is 3. The maximum atomic E-state index is 12.4. The second kappa shape index (κ2) is 7.99. The van der Waals surface area contributed by atoms with Crippen molar-refractivity contribution in [3.8, 4) is 0 Å². The number of hydrogen-bond donors (Lipinski definition) is 1. The van der Waals surface area contributed by atoms with Crippen molar-refractivity contribution in [3.05, 3.63) is 75.4 Å². The van der Waals surface area contributed by atoms with Gasteiger partial charge in [0.25, 0.3) is 0 Å². The number of ketones is 1. The molecule has 25 heavy (non-hydrogen) atoms. The van der Waals surface area contributed by atoms with Crippen molar-refractivity contribution >= 4 is 29.0 Å². The van der Waals surface area contributed by atoms with Crippen LogP contribution in [0.5, 0.6) is 0 Å². The number of methoxy groups -OCH3 is 1. The Balaban J connectivity index is 2.38. The molecule has 2 rings (SSSR count). The molecule has 0 unspecified atom stereocenters. The van der Waals surface area contributed by atoms with Gasteiger partial charge in [-0.15, -0.1) is 0 Å². The highest BCUT2D eigenvalue weighted by Gasteiger charge is 2.15. The first-order valence-corrected chi connectivity index (χ1v) is 8.14. The van der Waals surface area contributed by atoms with Crippen LogP contribution in [0.2, 0.25) is 5.02 Å². The Hall–Kier alpha value is -2.59. The highest BCUT2D eigenvalue weighted by Crippen LogP contribution is 2.24. The molecular formula is C20H20ClNO3. The summed E-state index contributed by atoms with van der Waals surface area (Å²) in [6.45, 7) is 5.89. The molecule has 0 aliphatic rings. The monoisotopic (exact) mass is 357 g/mol. The average Bonchev–Trinajstić information content (AvgIpc) is 2.56. The van der Waals surface area contributed by atoms with Gasteiger partial charge in [0.2, 0.25) is 0 Å². The van der Waals surface area contributed by atoms with Gasteiger partial charge in [-0.2, -0.15) is 0 Å². The normalized spacial score (nSPS) is 11.2. The fourth-order valence-electron chi connectivity index (χ4n) is 2.60. The van der Waals surface area contributed by atoms with Crippen molar-refractivity contribution < 1.29 is 14.3 Å². The van der Waals surface area contributed by atoms with Gasteiger partial charge < -0.3 is 10.1 Å². The van der Waals surface area contributed by atoms with Gasteiger partial charge in [0.15, 0.2) is 5.78 Å². The summed E-state index contributed by atoms with van der Waals surface area (Å²) in [5.41, 5.74) is 4.38. The molecule has 1 N–H and O–H groups in total. The average molecular weight is 358 g/mol. The summed E-state index contributed by atoms with van der Waals surface area (Å²) in [5, 5.41) is 3.58. The summed E-state index contributed by atoms with van der Waals surface area (Å²) in [5.74, 6) is -0.923. The van der Waals surface area contributed by atoms with Crippen molar-refractivity contribution in [3.63, 3.8) is 0 Å². The molecule has 0 aromatic heterocycles. The van der Waals surface area contributed by atoms with Gasteiger partial charge in [-0.05, 0) is 56.2 Å². The Morgan fingerprint density at radius 1 is 1.04 bits per heavy atom. The summed E-state index contributed by atoms with van der Waals surface area (Å²) < 4.78 is 4.80. The van der Waals surface area contributed by atoms with Crippen molar-refractivity contribution in [1.82, 2.24) is 0 Å². The van der Waals surface area contributed by atoms with Gasteiger partial charge in [-0.3, -0.25) is 4.79 Å². The van der Waals surface area contributed by atoms with E-state index in [1.165, 1.54) is 13.2 Å². The molecule has 0 bridgehead atoms. The fraction of sp³-hybridized carbons (Fsp3) is 0.200. The lowest BCUT2D eigenvalue weighted by molar-refractivity contribution is -0.135. The summed E-state index contributed by atoms with van der Waals surface area (Å²) in [7, 11) is 1.28. The molecule has 130 valence electrons. The quantitative estimate of drug-likeness (QED) is 0.482. The maximum absolute atomic E-state index is 12.4. The molecule has 0 aliphatic heterocycles. The Morgan fingerprint density at radius 2 is 1.60 bits per heavy atom. The van der Waals surface area contributed by atoms with Crippen LogP contribution in [0, 0.1) is 20.8 Å². The molecule has 5 heteroatoms. The zero-order valence-corrected chi connectivity index (χ0v) is 15.4. The summed E-state index contributed by atoms with van der Waals surface area (Å²) in [6.07, 6.45) is 1.24. The lowest BCUT2D eigenvalue weighted by Crippen LogP contribution is -2.16. The zero-order valence-electron chi connectivity index (χ0n) is 14.6. The van der Waals surface area contributed by atoms with E-state index in [2.05, 4.69) is 5.32 Å². The Morgan fingerprint density at radius 3 is 2.12 bits per heavy atom. The molecule has 0 fully saturated rings. The smallest absolute Gasteiger partial charge is 0.354 e. The predicted octanol–water partition coefficient (Wildman–Crippen LogP) is 4.62. The van der Waals surface area contributed by atoms with Crippen LogP contribution in [0.3, 0.4) is 0 Å². The first-order chi connectivity index (χ1) is 11.8. The van der Waals surface area contributed by atoms with E-state index in [1.807, 2.05) is 32.9 Å². The molecule has 0 radical (unpaired) electrons. The Bertz CT molecular complexity index is 816. The first kappa shape index (κ1) is 18.7. The largest absolute Gasteiger partial charge is 0.464 e. The van der Waals surface area contributed by atoms with Gasteiger partial charge in [0.1, 0.15) is 5.70 Å². The van der Waals surface area contributed by atoms with Crippen molar-refractivity contribution in [1.29, 1.82) is 0 Å². The molecule has 0 aliphatic carbocycles. The van der Waals surface area contributed by atoms with E-state index in [0.29, 0.717) is 10.6 Å². The number of esters is 1. The highest BCUT2D eigenvalue weighted by atomic mass is 35.5. The molecule has 0 spiro atoms. The van der Waals surface area contributed by atoms with Gasteiger partial charge in [-0.1, -0.05) is 29.3 Å². The van der Waals surface area contributed by atoms with Crippen molar-refractivity contribution in [2.45, 2.75) is 20.8 Å². The minimum atomic E-state index is -0.610. The molecule has 0 heterocycles. The van der Waals surface area contributed by atoms with E-state index in [-0.39, 0.29) is 11.5 Å². The Labute approximate surface area is 152 Å². The van der Waals surface area contributed by atoms with Crippen LogP contribution < -0.4 is 5.32 Å². The van der Waals surface area contributed by atoms with Crippen LogP contribution in [0.4, 0.5) is 5.69 Å². The second-order valence-corrected chi connectivity index (χ2v) is 6.26. The third-order valence-electron chi connectivity index (χ3n) is 3.75. The zero-order chi connectivity index (χ0) is 18.6. The van der Waals surface area contributed by atoms with Crippen LogP contribution in [0.25, 0.3) is 0 Å². The predicted molar refractivity (Wildman–Crippen MR) is 100 cm³/mol. The molecule has 0 amide bonds. The molecule has 4 nitrogen and oxygen atoms in total. The Kier molecular flexibility index (Phi) is 5.99. The molecule has 0 atom stereocenters. The van der Waals surface area contributed by atoms with Crippen molar-refractivity contribution in [2.24, 2.45) is 0 Å². The third-order valence-corrected chi connectivity index (χ3v) is 4.00. The number of nitrogens with one attached hydrogen (secondary N) is 1. The maximum Gasteiger partial charge on any atom is 0.354 e. The lowest BCUT2D eigenvalue weighted by atomic mass is 10.0. The van der Waals surface area contributed by atoms with E-state index in [9.17, 15) is 9.59 Å². The van der Waals surface area contributed by atoms with Crippen LogP contribution in [-0.4, -0.2) is 18.9 Å². The van der Waals surface area contributed by atoms with E-state index in [0.717, 1.165) is 22.4 Å². The van der Waals surface area contributed by atoms with Crippen LogP contribution >= 0.6 is 11.6 Å². The summed E-state index contributed by atoms with van der Waals surface area (Å²) >= 11 is 5.84. The number of carbonyl (C=O) groups is 2. The van der Waals surface area contributed by atoms with E-state index >= 15 is 0 Å². The van der Waals surface area contributed by atoms with Gasteiger partial charge in [0, 0.05) is 22.3 Å². The minimum absolute atomic E-state index is 0.0810. The summed E-state index contributed by atoms with van der Waals surface area (Å²) in [6, 6.07) is 10.5. The van der Waals surface area contributed by atoms with Crippen molar-refractivity contribution in [2.75, 3.05) is 12.4 Å². The first-order valence-electron chi connectivity index (χ1n) is 7.76. The molecule has 2 aromatic carbocycles. The second-order valence-electron chi connectivity index (χ2n) is 5.82. The molecule has 0 saturated heterocycles. The van der Waals surface area contributed by atoms with Gasteiger partial charge in [0.05, 0.1) is 7.11 Å². The number of carbonyl (C=O) groups excluding carboxylic acids is 2.